The highest BCUT2D eigenvalue weighted by Crippen LogP contribution is 2.25. The topological polar surface area (TPSA) is 89.0 Å². The Labute approximate surface area is 185 Å². The molecule has 2 aromatic rings. The molecule has 2 N–H and O–H groups in total. The lowest BCUT2D eigenvalue weighted by Gasteiger charge is -2.08. The molecule has 0 aliphatic carbocycles. The number of carbonyl (C=O) groups excluding carboxylic acids is 2. The highest BCUT2D eigenvalue weighted by atomic mass is 79.9. The summed E-state index contributed by atoms with van der Waals surface area (Å²) in [6, 6.07) is 12.3. The Hall–Kier alpha value is -2.87. The first kappa shape index (κ1) is 23.4. The quantitative estimate of drug-likeness (QED) is 0.293. The zero-order valence-corrected chi connectivity index (χ0v) is 18.7. The van der Waals surface area contributed by atoms with Gasteiger partial charge in [-0.25, -0.2) is 5.43 Å². The first-order valence-electron chi connectivity index (χ1n) is 9.70. The van der Waals surface area contributed by atoms with Crippen molar-refractivity contribution in [2.75, 3.05) is 20.3 Å². The predicted octanol–water partition coefficient (Wildman–Crippen LogP) is 3.91. The Morgan fingerprint density at radius 3 is 2.60 bits per heavy atom. The zero-order valence-electron chi connectivity index (χ0n) is 17.1. The molecule has 30 heavy (non-hydrogen) atoms. The molecule has 2 amide bonds. The van der Waals surface area contributed by atoms with Gasteiger partial charge < -0.3 is 14.8 Å². The van der Waals surface area contributed by atoms with Gasteiger partial charge in [0.25, 0.3) is 5.91 Å². The number of ether oxygens (including phenoxy) is 2. The lowest BCUT2D eigenvalue weighted by molar-refractivity contribution is -0.120. The second kappa shape index (κ2) is 12.6. The molecule has 2 aromatic carbocycles. The van der Waals surface area contributed by atoms with Crippen LogP contribution in [0, 0.1) is 0 Å². The van der Waals surface area contributed by atoms with Crippen molar-refractivity contribution in [1.29, 1.82) is 0 Å². The van der Waals surface area contributed by atoms with Crippen molar-refractivity contribution >= 4 is 34.0 Å². The molecule has 0 spiro atoms. The fourth-order valence-corrected chi connectivity index (χ4v) is 2.92. The maximum absolute atomic E-state index is 12.0. The minimum Gasteiger partial charge on any atom is -0.497 e. The average molecular weight is 476 g/mol. The van der Waals surface area contributed by atoms with E-state index in [9.17, 15) is 9.59 Å². The third-order valence-electron chi connectivity index (χ3n) is 4.10. The SMILES string of the molecule is CCCCOc1ccc(C=NNC(=O)CCNC(=O)c2ccc(OC)cc2)cc1Br. The van der Waals surface area contributed by atoms with Crippen molar-refractivity contribution in [1.82, 2.24) is 10.7 Å². The van der Waals surface area contributed by atoms with Crippen molar-refractivity contribution in [3.8, 4) is 11.5 Å². The van der Waals surface area contributed by atoms with Gasteiger partial charge in [0, 0.05) is 18.5 Å². The molecule has 0 aliphatic rings. The molecule has 0 aliphatic heterocycles. The number of hydrogen-bond donors (Lipinski definition) is 2. The molecule has 7 nitrogen and oxygen atoms in total. The van der Waals surface area contributed by atoms with Gasteiger partial charge >= 0.3 is 0 Å². The highest BCUT2D eigenvalue weighted by molar-refractivity contribution is 9.10. The van der Waals surface area contributed by atoms with Crippen molar-refractivity contribution in [3.63, 3.8) is 0 Å². The van der Waals surface area contributed by atoms with E-state index >= 15 is 0 Å². The summed E-state index contributed by atoms with van der Waals surface area (Å²) in [5, 5.41) is 6.65. The molecule has 0 radical (unpaired) electrons. The molecule has 0 bridgehead atoms. The smallest absolute Gasteiger partial charge is 0.251 e. The second-order valence-corrected chi connectivity index (χ2v) is 7.27. The number of amides is 2. The number of rotatable bonds is 11. The Balaban J connectivity index is 1.72. The van der Waals surface area contributed by atoms with E-state index < -0.39 is 0 Å². The van der Waals surface area contributed by atoms with E-state index in [2.05, 4.69) is 38.7 Å². The van der Waals surface area contributed by atoms with Gasteiger partial charge in [-0.1, -0.05) is 13.3 Å². The number of unbranched alkanes of at least 4 members (excludes halogenated alkanes) is 1. The summed E-state index contributed by atoms with van der Waals surface area (Å²) in [5.41, 5.74) is 3.77. The van der Waals surface area contributed by atoms with E-state index in [1.54, 1.807) is 37.6 Å². The Kier molecular flexibility index (Phi) is 9.86. The maximum atomic E-state index is 12.0. The summed E-state index contributed by atoms with van der Waals surface area (Å²) >= 11 is 3.47. The molecule has 0 unspecified atom stereocenters. The normalized spacial score (nSPS) is 10.6. The zero-order chi connectivity index (χ0) is 21.8. The summed E-state index contributed by atoms with van der Waals surface area (Å²) in [6.45, 7) is 3.00. The number of hydrogen-bond acceptors (Lipinski definition) is 5. The summed E-state index contributed by atoms with van der Waals surface area (Å²) in [4.78, 5) is 23.9. The van der Waals surface area contributed by atoms with Crippen LogP contribution in [0.1, 0.15) is 42.1 Å². The van der Waals surface area contributed by atoms with E-state index in [1.165, 1.54) is 0 Å². The fourth-order valence-electron chi connectivity index (χ4n) is 2.41. The van der Waals surface area contributed by atoms with Gasteiger partial charge in [0.1, 0.15) is 11.5 Å². The fraction of sp³-hybridized carbons (Fsp3) is 0.318. The summed E-state index contributed by atoms with van der Waals surface area (Å²) in [6.07, 6.45) is 3.75. The van der Waals surface area contributed by atoms with Crippen LogP contribution in [-0.2, 0) is 4.79 Å². The molecule has 0 aromatic heterocycles. The number of nitrogens with one attached hydrogen (secondary N) is 2. The average Bonchev–Trinajstić information content (AvgIpc) is 2.75. The van der Waals surface area contributed by atoms with Crippen LogP contribution in [0.25, 0.3) is 0 Å². The third-order valence-corrected chi connectivity index (χ3v) is 4.72. The van der Waals surface area contributed by atoms with E-state index in [4.69, 9.17) is 9.47 Å². The van der Waals surface area contributed by atoms with Crippen LogP contribution in [0.15, 0.2) is 52.0 Å². The van der Waals surface area contributed by atoms with Crippen molar-refractivity contribution in [2.24, 2.45) is 5.10 Å². The number of carbonyl (C=O) groups is 2. The molecular weight excluding hydrogens is 450 g/mol. The summed E-state index contributed by atoms with van der Waals surface area (Å²) in [7, 11) is 1.56. The number of hydrazone groups is 1. The molecule has 160 valence electrons. The number of benzene rings is 2. The summed E-state index contributed by atoms with van der Waals surface area (Å²) in [5.74, 6) is 0.909. The lowest BCUT2D eigenvalue weighted by Crippen LogP contribution is -2.29. The van der Waals surface area contributed by atoms with E-state index in [-0.39, 0.29) is 24.8 Å². The van der Waals surface area contributed by atoms with Gasteiger partial charge in [-0.05, 0) is 70.4 Å². The van der Waals surface area contributed by atoms with Gasteiger partial charge in [-0.3, -0.25) is 9.59 Å². The second-order valence-electron chi connectivity index (χ2n) is 6.42. The van der Waals surface area contributed by atoms with Crippen LogP contribution >= 0.6 is 15.9 Å². The van der Waals surface area contributed by atoms with Crippen molar-refractivity contribution < 1.29 is 19.1 Å². The first-order chi connectivity index (χ1) is 14.5. The monoisotopic (exact) mass is 475 g/mol. The molecular formula is C22H26BrN3O4. The summed E-state index contributed by atoms with van der Waals surface area (Å²) < 4.78 is 11.6. The third kappa shape index (κ3) is 7.87. The van der Waals surface area contributed by atoms with Gasteiger partial charge in [-0.2, -0.15) is 5.10 Å². The standard InChI is InChI=1S/C22H26BrN3O4/c1-3-4-13-30-20-10-5-16(14-19(20)23)15-25-26-21(27)11-12-24-22(28)17-6-8-18(29-2)9-7-17/h5-10,14-15H,3-4,11-13H2,1-2H3,(H,24,28)(H,26,27). The van der Waals surface area contributed by atoms with Gasteiger partial charge in [0.2, 0.25) is 5.91 Å². The number of halogens is 1. The van der Waals surface area contributed by atoms with E-state index in [0.717, 1.165) is 28.6 Å². The number of nitrogens with zero attached hydrogens (tertiary/aromatic N) is 1. The Bertz CT molecular complexity index is 869. The Morgan fingerprint density at radius 2 is 1.93 bits per heavy atom. The van der Waals surface area contributed by atoms with E-state index in [1.807, 2.05) is 18.2 Å². The van der Waals surface area contributed by atoms with Crippen LogP contribution in [-0.4, -0.2) is 38.3 Å². The molecule has 0 saturated carbocycles. The molecule has 0 fully saturated rings. The van der Waals surface area contributed by atoms with Gasteiger partial charge in [0.05, 0.1) is 24.4 Å². The molecule has 8 heteroatoms. The molecule has 0 heterocycles. The van der Waals surface area contributed by atoms with Gasteiger partial charge in [0.15, 0.2) is 0 Å². The highest BCUT2D eigenvalue weighted by Gasteiger charge is 2.07. The molecule has 2 rings (SSSR count). The van der Waals surface area contributed by atoms with Crippen LogP contribution in [0.5, 0.6) is 11.5 Å². The van der Waals surface area contributed by atoms with Gasteiger partial charge in [-0.15, -0.1) is 0 Å². The van der Waals surface area contributed by atoms with Crippen molar-refractivity contribution in [3.05, 3.63) is 58.1 Å². The van der Waals surface area contributed by atoms with E-state index in [0.29, 0.717) is 17.9 Å². The van der Waals surface area contributed by atoms with Crippen LogP contribution in [0.2, 0.25) is 0 Å². The largest absolute Gasteiger partial charge is 0.497 e. The van der Waals surface area contributed by atoms with Crippen LogP contribution in [0.4, 0.5) is 0 Å². The number of methoxy groups -OCH3 is 1. The Morgan fingerprint density at radius 1 is 1.17 bits per heavy atom. The first-order valence-corrected chi connectivity index (χ1v) is 10.5. The predicted molar refractivity (Wildman–Crippen MR) is 120 cm³/mol. The minimum atomic E-state index is -0.292. The molecule has 0 saturated heterocycles. The van der Waals surface area contributed by atoms with Crippen LogP contribution < -0.4 is 20.2 Å². The maximum Gasteiger partial charge on any atom is 0.251 e. The van der Waals surface area contributed by atoms with Crippen molar-refractivity contribution in [2.45, 2.75) is 26.2 Å². The lowest BCUT2D eigenvalue weighted by atomic mass is 10.2. The minimum absolute atomic E-state index is 0.118. The molecule has 0 atom stereocenters. The van der Waals surface area contributed by atoms with Crippen LogP contribution in [0.3, 0.4) is 0 Å².